The molecule has 2 heterocycles. The number of hydrogen-bond acceptors (Lipinski definition) is 3. The van der Waals surface area contributed by atoms with Gasteiger partial charge in [0.2, 0.25) is 0 Å². The lowest BCUT2D eigenvalue weighted by Gasteiger charge is -2.25. The predicted molar refractivity (Wildman–Crippen MR) is 109 cm³/mol. The molecule has 0 unspecified atom stereocenters. The second-order valence-electron chi connectivity index (χ2n) is 7.45. The van der Waals surface area contributed by atoms with Gasteiger partial charge in [-0.1, -0.05) is 56.0 Å². The van der Waals surface area contributed by atoms with E-state index in [0.717, 1.165) is 12.5 Å². The van der Waals surface area contributed by atoms with Crippen molar-refractivity contribution in [3.63, 3.8) is 0 Å². The molecule has 0 radical (unpaired) electrons. The summed E-state index contributed by atoms with van der Waals surface area (Å²) in [5, 5.41) is 1.46. The quantitative estimate of drug-likeness (QED) is 0.631. The van der Waals surface area contributed by atoms with Crippen molar-refractivity contribution in [1.82, 2.24) is 4.98 Å². The molecular formula is C21H23N3Si. The van der Waals surface area contributed by atoms with E-state index in [1.165, 1.54) is 22.2 Å². The molecule has 0 saturated heterocycles. The first kappa shape index (κ1) is 15.9. The van der Waals surface area contributed by atoms with Crippen LogP contribution >= 0.6 is 0 Å². The molecule has 0 atom stereocenters. The molecule has 1 aromatic heterocycles. The number of fused-ring (bicyclic) bond motifs is 1. The fourth-order valence-electron chi connectivity index (χ4n) is 3.42. The Morgan fingerprint density at radius 3 is 1.88 bits per heavy atom. The molecule has 3 aromatic rings. The van der Waals surface area contributed by atoms with E-state index in [2.05, 4.69) is 96.2 Å². The molecule has 0 spiro atoms. The standard InChI is InChI=1S/C21H23N3Si/c1-25(2,3)19-14-15-22-21-20(19)23(17-10-6-4-7-11-17)16-24(21)18-12-8-5-9-13-18/h4-15H,16H2,1-3H3. The highest BCUT2D eigenvalue weighted by Crippen LogP contribution is 2.42. The second-order valence-corrected chi connectivity index (χ2v) is 12.5. The van der Waals surface area contributed by atoms with E-state index >= 15 is 0 Å². The molecule has 4 rings (SSSR count). The first-order chi connectivity index (χ1) is 12.1. The van der Waals surface area contributed by atoms with Crippen LogP contribution in [0.4, 0.5) is 22.9 Å². The van der Waals surface area contributed by atoms with Crippen molar-refractivity contribution >= 4 is 36.1 Å². The van der Waals surface area contributed by atoms with Gasteiger partial charge in [-0.3, -0.25) is 0 Å². The monoisotopic (exact) mass is 345 g/mol. The van der Waals surface area contributed by atoms with Crippen LogP contribution in [0.5, 0.6) is 0 Å². The third kappa shape index (κ3) is 2.83. The Hall–Kier alpha value is -2.59. The van der Waals surface area contributed by atoms with Gasteiger partial charge in [-0.15, -0.1) is 0 Å². The molecule has 0 aliphatic carbocycles. The van der Waals surface area contributed by atoms with Crippen LogP contribution in [-0.4, -0.2) is 19.7 Å². The van der Waals surface area contributed by atoms with Crippen molar-refractivity contribution in [2.75, 3.05) is 16.5 Å². The summed E-state index contributed by atoms with van der Waals surface area (Å²) in [6, 6.07) is 23.4. The summed E-state index contributed by atoms with van der Waals surface area (Å²) in [5.41, 5.74) is 3.67. The normalized spacial score (nSPS) is 13.9. The van der Waals surface area contributed by atoms with E-state index in [-0.39, 0.29) is 0 Å². The molecule has 2 aromatic carbocycles. The van der Waals surface area contributed by atoms with E-state index < -0.39 is 8.07 Å². The summed E-state index contributed by atoms with van der Waals surface area (Å²) in [4.78, 5) is 9.49. The average molecular weight is 346 g/mol. The number of anilines is 4. The largest absolute Gasteiger partial charge is 0.320 e. The topological polar surface area (TPSA) is 19.4 Å². The molecule has 0 bridgehead atoms. The van der Waals surface area contributed by atoms with E-state index in [1.54, 1.807) is 0 Å². The van der Waals surface area contributed by atoms with Crippen LogP contribution in [-0.2, 0) is 0 Å². The number of pyridine rings is 1. The van der Waals surface area contributed by atoms with Crippen LogP contribution in [0.2, 0.25) is 19.6 Å². The number of nitrogens with zero attached hydrogens (tertiary/aromatic N) is 3. The maximum atomic E-state index is 4.77. The average Bonchev–Trinajstić information content (AvgIpc) is 3.02. The Morgan fingerprint density at radius 1 is 0.760 bits per heavy atom. The highest BCUT2D eigenvalue weighted by atomic mass is 28.3. The Morgan fingerprint density at radius 2 is 1.32 bits per heavy atom. The number of aromatic nitrogens is 1. The molecule has 0 amide bonds. The van der Waals surface area contributed by atoms with Gasteiger partial charge in [0.25, 0.3) is 0 Å². The summed E-state index contributed by atoms with van der Waals surface area (Å²) in [6.07, 6.45) is 1.97. The SMILES string of the molecule is C[Si](C)(C)c1ccnc2c1N(c1ccccc1)CN2c1ccccc1. The summed E-state index contributed by atoms with van der Waals surface area (Å²) in [7, 11) is -1.50. The fourth-order valence-corrected chi connectivity index (χ4v) is 4.95. The number of hydrogen-bond donors (Lipinski definition) is 0. The lowest BCUT2D eigenvalue weighted by Crippen LogP contribution is -2.40. The van der Waals surface area contributed by atoms with Crippen LogP contribution < -0.4 is 15.0 Å². The molecule has 0 saturated carbocycles. The second kappa shape index (κ2) is 6.04. The minimum absolute atomic E-state index is 0.790. The molecule has 3 nitrogen and oxygen atoms in total. The lowest BCUT2D eigenvalue weighted by molar-refractivity contribution is 0.982. The van der Waals surface area contributed by atoms with Gasteiger partial charge in [-0.25, -0.2) is 4.98 Å². The Kier molecular flexibility index (Phi) is 3.85. The molecule has 25 heavy (non-hydrogen) atoms. The number of benzene rings is 2. The zero-order chi connectivity index (χ0) is 17.4. The summed E-state index contributed by atoms with van der Waals surface area (Å²) < 4.78 is 0. The molecule has 1 aliphatic heterocycles. The number of para-hydroxylation sites is 2. The maximum Gasteiger partial charge on any atom is 0.158 e. The van der Waals surface area contributed by atoms with Crippen LogP contribution in [0.3, 0.4) is 0 Å². The summed E-state index contributed by atoms with van der Waals surface area (Å²) in [5.74, 6) is 1.06. The zero-order valence-electron chi connectivity index (χ0n) is 15.0. The van der Waals surface area contributed by atoms with Crippen LogP contribution in [0.25, 0.3) is 0 Å². The van der Waals surface area contributed by atoms with Gasteiger partial charge in [-0.05, 0) is 35.5 Å². The maximum absolute atomic E-state index is 4.77. The van der Waals surface area contributed by atoms with Gasteiger partial charge in [-0.2, -0.15) is 0 Å². The zero-order valence-corrected chi connectivity index (χ0v) is 16.0. The van der Waals surface area contributed by atoms with Crippen molar-refractivity contribution in [1.29, 1.82) is 0 Å². The van der Waals surface area contributed by atoms with Crippen LogP contribution in [0.1, 0.15) is 0 Å². The van der Waals surface area contributed by atoms with Crippen molar-refractivity contribution in [2.24, 2.45) is 0 Å². The highest BCUT2D eigenvalue weighted by Gasteiger charge is 2.35. The van der Waals surface area contributed by atoms with E-state index in [4.69, 9.17) is 4.98 Å². The van der Waals surface area contributed by atoms with Gasteiger partial charge in [0.1, 0.15) is 6.67 Å². The third-order valence-electron chi connectivity index (χ3n) is 4.66. The lowest BCUT2D eigenvalue weighted by atomic mass is 10.2. The smallest absolute Gasteiger partial charge is 0.158 e. The van der Waals surface area contributed by atoms with Gasteiger partial charge >= 0.3 is 0 Å². The third-order valence-corrected chi connectivity index (χ3v) is 6.68. The van der Waals surface area contributed by atoms with Gasteiger partial charge < -0.3 is 9.80 Å². The molecule has 0 fully saturated rings. The molecule has 1 aliphatic rings. The minimum Gasteiger partial charge on any atom is -0.320 e. The summed E-state index contributed by atoms with van der Waals surface area (Å²) >= 11 is 0. The number of rotatable bonds is 3. The first-order valence-corrected chi connectivity index (χ1v) is 12.2. The fraction of sp³-hybridized carbons (Fsp3) is 0.190. The predicted octanol–water partition coefficient (Wildman–Crippen LogP) is 4.87. The minimum atomic E-state index is -1.50. The van der Waals surface area contributed by atoms with Gasteiger partial charge in [0.15, 0.2) is 5.82 Å². The van der Waals surface area contributed by atoms with Crippen LogP contribution in [0, 0.1) is 0 Å². The summed E-state index contributed by atoms with van der Waals surface area (Å²) in [6.45, 7) is 7.99. The molecule has 0 N–H and O–H groups in total. The Bertz CT molecular complexity index is 873. The van der Waals surface area contributed by atoms with E-state index in [1.807, 2.05) is 6.20 Å². The highest BCUT2D eigenvalue weighted by molar-refractivity contribution is 6.90. The Labute approximate surface area is 150 Å². The van der Waals surface area contributed by atoms with Crippen LogP contribution in [0.15, 0.2) is 72.9 Å². The molecular weight excluding hydrogens is 322 g/mol. The van der Waals surface area contributed by atoms with Crippen molar-refractivity contribution in [2.45, 2.75) is 19.6 Å². The van der Waals surface area contributed by atoms with Crippen molar-refractivity contribution in [3.8, 4) is 0 Å². The van der Waals surface area contributed by atoms with Gasteiger partial charge in [0, 0.05) is 17.6 Å². The van der Waals surface area contributed by atoms with E-state index in [9.17, 15) is 0 Å². The van der Waals surface area contributed by atoms with Crippen molar-refractivity contribution < 1.29 is 0 Å². The Balaban J connectivity index is 1.91. The molecule has 126 valence electrons. The van der Waals surface area contributed by atoms with Crippen molar-refractivity contribution in [3.05, 3.63) is 72.9 Å². The van der Waals surface area contributed by atoms with E-state index in [0.29, 0.717) is 0 Å². The first-order valence-electron chi connectivity index (χ1n) is 8.70. The van der Waals surface area contributed by atoms with Gasteiger partial charge in [0.05, 0.1) is 13.8 Å². The molecule has 4 heteroatoms.